The van der Waals surface area contributed by atoms with Gasteiger partial charge in [-0.15, -0.1) is 0 Å². The summed E-state index contributed by atoms with van der Waals surface area (Å²) in [6.45, 7) is 2.53. The van der Waals surface area contributed by atoms with E-state index in [9.17, 15) is 12.8 Å². The third-order valence-corrected chi connectivity index (χ3v) is 5.01. The van der Waals surface area contributed by atoms with Crippen molar-refractivity contribution in [2.45, 2.75) is 30.2 Å². The molecular weight excluding hydrogens is 255 g/mol. The summed E-state index contributed by atoms with van der Waals surface area (Å²) in [5, 5.41) is 0. The van der Waals surface area contributed by atoms with Crippen LogP contribution >= 0.6 is 0 Å². The van der Waals surface area contributed by atoms with E-state index in [-0.39, 0.29) is 18.0 Å². The highest BCUT2D eigenvalue weighted by Gasteiger charge is 2.45. The fourth-order valence-electron chi connectivity index (χ4n) is 2.28. The first-order chi connectivity index (χ1) is 8.39. The summed E-state index contributed by atoms with van der Waals surface area (Å²) in [6.07, 6.45) is 1.68. The molecule has 0 atom stereocenters. The predicted octanol–water partition coefficient (Wildman–Crippen LogP) is 1.33. The Morgan fingerprint density at radius 2 is 2.00 bits per heavy atom. The molecule has 2 rings (SSSR count). The van der Waals surface area contributed by atoms with Gasteiger partial charge in [-0.2, -0.15) is 4.31 Å². The first kappa shape index (κ1) is 13.5. The Balaban J connectivity index is 2.19. The minimum atomic E-state index is -3.74. The van der Waals surface area contributed by atoms with Gasteiger partial charge in [0.05, 0.1) is 0 Å². The molecule has 0 saturated carbocycles. The molecule has 1 aromatic rings. The molecular formula is C12H17FN2O2S. The highest BCUT2D eigenvalue weighted by atomic mass is 32.2. The van der Waals surface area contributed by atoms with E-state index >= 15 is 0 Å². The minimum absolute atomic E-state index is 0.261. The van der Waals surface area contributed by atoms with Crippen LogP contribution < -0.4 is 5.73 Å². The fraction of sp³-hybridized carbons (Fsp3) is 0.500. The largest absolute Gasteiger partial charge is 0.323 e. The van der Waals surface area contributed by atoms with Gasteiger partial charge in [-0.1, -0.05) is 25.5 Å². The number of nitrogens with zero attached hydrogens (tertiary/aromatic N) is 1. The van der Waals surface area contributed by atoms with Gasteiger partial charge in [0.25, 0.3) is 0 Å². The first-order valence-electron chi connectivity index (χ1n) is 5.93. The topological polar surface area (TPSA) is 63.4 Å². The molecule has 1 heterocycles. The van der Waals surface area contributed by atoms with Gasteiger partial charge in [-0.3, -0.25) is 0 Å². The molecule has 1 aromatic carbocycles. The van der Waals surface area contributed by atoms with Crippen LogP contribution in [-0.2, 0) is 10.0 Å². The summed E-state index contributed by atoms with van der Waals surface area (Å²) < 4.78 is 39.1. The van der Waals surface area contributed by atoms with Gasteiger partial charge in [0.15, 0.2) is 0 Å². The lowest BCUT2D eigenvalue weighted by Gasteiger charge is -2.46. The molecule has 18 heavy (non-hydrogen) atoms. The highest BCUT2D eigenvalue weighted by molar-refractivity contribution is 7.89. The number of sulfonamides is 1. The van der Waals surface area contributed by atoms with E-state index in [1.54, 1.807) is 0 Å². The maximum absolute atomic E-state index is 13.5. The van der Waals surface area contributed by atoms with Crippen LogP contribution in [-0.4, -0.2) is 31.4 Å². The van der Waals surface area contributed by atoms with E-state index in [2.05, 4.69) is 0 Å². The Morgan fingerprint density at radius 1 is 1.39 bits per heavy atom. The van der Waals surface area contributed by atoms with Crippen LogP contribution in [0.15, 0.2) is 29.2 Å². The summed E-state index contributed by atoms with van der Waals surface area (Å²) in [4.78, 5) is -0.274. The van der Waals surface area contributed by atoms with E-state index in [1.807, 2.05) is 6.92 Å². The van der Waals surface area contributed by atoms with Gasteiger partial charge in [0.1, 0.15) is 10.7 Å². The van der Waals surface area contributed by atoms with Crippen LogP contribution in [0.2, 0.25) is 0 Å². The first-order valence-corrected chi connectivity index (χ1v) is 7.37. The minimum Gasteiger partial charge on any atom is -0.323 e. The Labute approximate surface area is 107 Å². The molecule has 4 nitrogen and oxygen atoms in total. The number of rotatable bonds is 4. The van der Waals surface area contributed by atoms with E-state index in [0.29, 0.717) is 0 Å². The van der Waals surface area contributed by atoms with Gasteiger partial charge in [-0.05, 0) is 18.6 Å². The number of hydrogen-bond acceptors (Lipinski definition) is 3. The van der Waals surface area contributed by atoms with E-state index in [4.69, 9.17) is 5.73 Å². The van der Waals surface area contributed by atoms with Crippen LogP contribution in [0.1, 0.15) is 19.8 Å². The summed E-state index contributed by atoms with van der Waals surface area (Å²) in [5.74, 6) is -0.720. The third-order valence-electron chi connectivity index (χ3n) is 3.18. The van der Waals surface area contributed by atoms with E-state index in [0.717, 1.165) is 18.9 Å². The Hall–Kier alpha value is -0.980. The second kappa shape index (κ2) is 4.60. The van der Waals surface area contributed by atoms with E-state index in [1.165, 1.54) is 22.5 Å². The third kappa shape index (κ3) is 2.28. The lowest BCUT2D eigenvalue weighted by atomic mass is 9.89. The Kier molecular flexibility index (Phi) is 3.44. The number of hydrogen-bond donors (Lipinski definition) is 1. The van der Waals surface area contributed by atoms with Crippen LogP contribution in [0, 0.1) is 5.82 Å². The van der Waals surface area contributed by atoms with Crippen molar-refractivity contribution in [2.24, 2.45) is 5.73 Å². The lowest BCUT2D eigenvalue weighted by molar-refractivity contribution is 0.146. The van der Waals surface area contributed by atoms with Gasteiger partial charge in [0.2, 0.25) is 10.0 Å². The Morgan fingerprint density at radius 3 is 2.56 bits per heavy atom. The average Bonchev–Trinajstić information content (AvgIpc) is 2.26. The van der Waals surface area contributed by atoms with Gasteiger partial charge in [-0.25, -0.2) is 12.8 Å². The molecule has 0 spiro atoms. The summed E-state index contributed by atoms with van der Waals surface area (Å²) in [7, 11) is -3.74. The average molecular weight is 272 g/mol. The quantitative estimate of drug-likeness (QED) is 0.899. The van der Waals surface area contributed by atoms with Crippen molar-refractivity contribution in [3.05, 3.63) is 30.1 Å². The van der Waals surface area contributed by atoms with E-state index < -0.39 is 21.4 Å². The fourth-order valence-corrected chi connectivity index (χ4v) is 3.97. The Bertz CT molecular complexity index is 539. The molecule has 6 heteroatoms. The monoisotopic (exact) mass is 272 g/mol. The van der Waals surface area contributed by atoms with Gasteiger partial charge >= 0.3 is 0 Å². The van der Waals surface area contributed by atoms with Gasteiger partial charge in [0, 0.05) is 18.6 Å². The molecule has 1 aliphatic rings. The smallest absolute Gasteiger partial charge is 0.246 e. The molecule has 100 valence electrons. The van der Waals surface area contributed by atoms with Gasteiger partial charge < -0.3 is 5.73 Å². The summed E-state index contributed by atoms with van der Waals surface area (Å²) in [5.41, 5.74) is 5.57. The second-order valence-electron chi connectivity index (χ2n) is 4.82. The molecule has 0 bridgehead atoms. The van der Waals surface area contributed by atoms with Crippen molar-refractivity contribution >= 4 is 10.0 Å². The predicted molar refractivity (Wildman–Crippen MR) is 67.0 cm³/mol. The number of benzene rings is 1. The summed E-state index contributed by atoms with van der Waals surface area (Å²) >= 11 is 0. The summed E-state index contributed by atoms with van der Waals surface area (Å²) in [6, 6.07) is 5.40. The zero-order valence-corrected chi connectivity index (χ0v) is 11.1. The standard InChI is InChI=1S/C12H17FN2O2S/c1-2-7-12(14)8-15(9-12)18(16,17)11-6-4-3-5-10(11)13/h3-6H,2,7-9,14H2,1H3. The van der Waals surface area contributed by atoms with Crippen LogP contribution in [0.25, 0.3) is 0 Å². The van der Waals surface area contributed by atoms with Crippen molar-refractivity contribution in [3.63, 3.8) is 0 Å². The van der Waals surface area contributed by atoms with Crippen molar-refractivity contribution in [2.75, 3.05) is 13.1 Å². The normalized spacial score (nSPS) is 19.5. The van der Waals surface area contributed by atoms with Crippen molar-refractivity contribution in [3.8, 4) is 0 Å². The maximum Gasteiger partial charge on any atom is 0.246 e. The second-order valence-corrected chi connectivity index (χ2v) is 6.72. The van der Waals surface area contributed by atoms with Crippen molar-refractivity contribution in [1.29, 1.82) is 0 Å². The van der Waals surface area contributed by atoms with Crippen LogP contribution in [0.3, 0.4) is 0 Å². The van der Waals surface area contributed by atoms with Crippen molar-refractivity contribution in [1.82, 2.24) is 4.31 Å². The molecule has 0 aromatic heterocycles. The molecule has 1 aliphatic heterocycles. The van der Waals surface area contributed by atoms with Crippen LogP contribution in [0.5, 0.6) is 0 Å². The molecule has 0 unspecified atom stereocenters. The molecule has 0 amide bonds. The number of nitrogens with two attached hydrogens (primary N) is 1. The molecule has 1 fully saturated rings. The SMILES string of the molecule is CCCC1(N)CN(S(=O)(=O)c2ccccc2F)C1. The van der Waals surface area contributed by atoms with Crippen molar-refractivity contribution < 1.29 is 12.8 Å². The molecule has 0 aliphatic carbocycles. The maximum atomic E-state index is 13.5. The lowest BCUT2D eigenvalue weighted by Crippen LogP contribution is -2.68. The zero-order valence-electron chi connectivity index (χ0n) is 10.3. The van der Waals surface area contributed by atoms with Crippen LogP contribution in [0.4, 0.5) is 4.39 Å². The molecule has 1 saturated heterocycles. The molecule has 2 N–H and O–H groups in total. The zero-order chi connectivity index (χ0) is 13.4. The highest BCUT2D eigenvalue weighted by Crippen LogP contribution is 2.30. The number of halogens is 1. The molecule has 0 radical (unpaired) electrons.